The zero-order valence-corrected chi connectivity index (χ0v) is 32.1. The van der Waals surface area contributed by atoms with Crippen molar-refractivity contribution in [1.29, 1.82) is 0 Å². The van der Waals surface area contributed by atoms with E-state index in [9.17, 15) is 45.6 Å². The molecule has 7 aliphatic rings. The second-order valence-corrected chi connectivity index (χ2v) is 18.0. The molecule has 3 aliphatic heterocycles. The summed E-state index contributed by atoms with van der Waals surface area (Å²) in [5, 5.41) is 84.3. The van der Waals surface area contributed by atoms with Crippen molar-refractivity contribution in [2.24, 2.45) is 40.4 Å². The zero-order valence-electron chi connectivity index (χ0n) is 32.1. The molecule has 306 valence electrons. The van der Waals surface area contributed by atoms with Crippen LogP contribution in [0.2, 0.25) is 0 Å². The van der Waals surface area contributed by atoms with Crippen molar-refractivity contribution in [3.05, 3.63) is 22.8 Å². The minimum absolute atomic E-state index is 0.103. The summed E-state index contributed by atoms with van der Waals surface area (Å²) in [5.74, 6) is 1.72. The fraction of sp³-hybridized carbons (Fsp3) is 0.875. The molecular weight excluding hydrogens is 704 g/mol. The fourth-order valence-corrected chi connectivity index (χ4v) is 11.9. The maximum Gasteiger partial charge on any atom is 0.333 e. The molecule has 2 saturated heterocycles. The van der Waals surface area contributed by atoms with Crippen LogP contribution in [0.4, 0.5) is 0 Å². The highest BCUT2D eigenvalue weighted by molar-refractivity contribution is 5.89. The number of rotatable bonds is 8. The summed E-state index contributed by atoms with van der Waals surface area (Å²) in [6.45, 7) is 9.70. The number of allylic oxidation sites excluding steroid dienone is 1. The van der Waals surface area contributed by atoms with E-state index in [0.717, 1.165) is 55.2 Å². The second kappa shape index (κ2) is 15.3. The summed E-state index contributed by atoms with van der Waals surface area (Å²) >= 11 is 0. The van der Waals surface area contributed by atoms with E-state index in [2.05, 4.69) is 26.8 Å². The number of hydrogen-bond donors (Lipinski definition) is 8. The third kappa shape index (κ3) is 6.73. The first kappa shape index (κ1) is 40.7. The van der Waals surface area contributed by atoms with Crippen molar-refractivity contribution in [3.63, 3.8) is 0 Å². The van der Waals surface area contributed by atoms with Gasteiger partial charge in [0.15, 0.2) is 12.6 Å². The van der Waals surface area contributed by atoms with Crippen LogP contribution in [0.5, 0.6) is 0 Å². The minimum atomic E-state index is -1.67. The number of hydrogen-bond acceptors (Lipinski definition) is 14. The van der Waals surface area contributed by atoms with E-state index in [1.54, 1.807) is 0 Å². The molecule has 0 spiro atoms. The molecule has 7 rings (SSSR count). The van der Waals surface area contributed by atoms with E-state index in [-0.39, 0.29) is 29.8 Å². The van der Waals surface area contributed by atoms with Crippen molar-refractivity contribution in [3.8, 4) is 0 Å². The lowest BCUT2D eigenvalue weighted by molar-refractivity contribution is -0.337. The predicted molar refractivity (Wildman–Crippen MR) is 190 cm³/mol. The van der Waals surface area contributed by atoms with E-state index >= 15 is 0 Å². The molecule has 20 atom stereocenters. The first-order valence-corrected chi connectivity index (χ1v) is 20.0. The Morgan fingerprint density at radius 2 is 1.52 bits per heavy atom. The van der Waals surface area contributed by atoms with Crippen molar-refractivity contribution in [2.45, 2.75) is 166 Å². The highest BCUT2D eigenvalue weighted by Crippen LogP contribution is 2.67. The Bertz CT molecular complexity index is 1450. The van der Waals surface area contributed by atoms with Gasteiger partial charge in [0.05, 0.1) is 25.4 Å². The fourth-order valence-electron chi connectivity index (χ4n) is 11.9. The topological polar surface area (TPSA) is 225 Å². The minimum Gasteiger partial charge on any atom is -0.458 e. The number of carbonyl (C=O) groups excluding carboxylic acids is 1. The Kier molecular flexibility index (Phi) is 11.5. The third-order valence-electron chi connectivity index (χ3n) is 15.4. The number of aliphatic hydroxyl groups is 8. The molecule has 4 aliphatic carbocycles. The molecule has 3 saturated carbocycles. The van der Waals surface area contributed by atoms with Gasteiger partial charge in [0, 0.05) is 23.8 Å². The van der Waals surface area contributed by atoms with Gasteiger partial charge in [0.25, 0.3) is 0 Å². The first-order chi connectivity index (χ1) is 25.5. The van der Waals surface area contributed by atoms with E-state index in [4.69, 9.17) is 23.7 Å². The lowest BCUT2D eigenvalue weighted by atomic mass is 9.46. The lowest BCUT2D eigenvalue weighted by Crippen LogP contribution is -2.62. The van der Waals surface area contributed by atoms with Crippen molar-refractivity contribution >= 4 is 5.97 Å². The smallest absolute Gasteiger partial charge is 0.333 e. The van der Waals surface area contributed by atoms with Gasteiger partial charge in [0.1, 0.15) is 54.9 Å². The second-order valence-electron chi connectivity index (χ2n) is 18.0. The molecule has 5 fully saturated rings. The molecule has 0 amide bonds. The Morgan fingerprint density at radius 3 is 2.20 bits per heavy atom. The highest BCUT2D eigenvalue weighted by atomic mass is 16.7. The number of cyclic esters (lactones) is 1. The summed E-state index contributed by atoms with van der Waals surface area (Å²) in [6, 6.07) is 0. The van der Waals surface area contributed by atoms with E-state index in [1.807, 2.05) is 13.8 Å². The molecule has 8 N–H and O–H groups in total. The molecular formula is C40H62O14. The van der Waals surface area contributed by atoms with Crippen LogP contribution in [0.25, 0.3) is 0 Å². The van der Waals surface area contributed by atoms with Crippen LogP contribution in [-0.2, 0) is 28.5 Å². The van der Waals surface area contributed by atoms with Crippen LogP contribution in [0.15, 0.2) is 22.8 Å². The van der Waals surface area contributed by atoms with Crippen LogP contribution in [-0.4, -0.2) is 140 Å². The van der Waals surface area contributed by atoms with Crippen LogP contribution in [0.1, 0.15) is 86.0 Å². The van der Waals surface area contributed by atoms with Crippen LogP contribution < -0.4 is 0 Å². The Balaban J connectivity index is 1.00. The van der Waals surface area contributed by atoms with Gasteiger partial charge < -0.3 is 64.5 Å². The first-order valence-electron chi connectivity index (χ1n) is 20.0. The Hall–Kier alpha value is -1.53. The average molecular weight is 767 g/mol. The van der Waals surface area contributed by atoms with Gasteiger partial charge in [-0.3, -0.25) is 0 Å². The zero-order chi connectivity index (χ0) is 39.0. The van der Waals surface area contributed by atoms with Crippen molar-refractivity contribution in [1.82, 2.24) is 0 Å². The van der Waals surface area contributed by atoms with Gasteiger partial charge in [-0.25, -0.2) is 4.79 Å². The third-order valence-corrected chi connectivity index (χ3v) is 15.4. The van der Waals surface area contributed by atoms with Crippen molar-refractivity contribution < 1.29 is 69.3 Å². The molecule has 14 nitrogen and oxygen atoms in total. The lowest BCUT2D eigenvalue weighted by Gasteiger charge is -2.60. The summed E-state index contributed by atoms with van der Waals surface area (Å²) in [7, 11) is 0. The number of fused-ring (bicyclic) bond motifs is 5. The van der Waals surface area contributed by atoms with Crippen LogP contribution in [0, 0.1) is 40.4 Å². The Labute approximate surface area is 317 Å². The molecule has 0 radical (unpaired) electrons. The van der Waals surface area contributed by atoms with Crippen molar-refractivity contribution in [2.75, 3.05) is 13.2 Å². The number of carbonyl (C=O) groups is 1. The van der Waals surface area contributed by atoms with Gasteiger partial charge in [0.2, 0.25) is 0 Å². The summed E-state index contributed by atoms with van der Waals surface area (Å²) in [6.07, 6.45) is -7.38. The van der Waals surface area contributed by atoms with Gasteiger partial charge in [-0.1, -0.05) is 38.0 Å². The molecule has 0 aromatic carbocycles. The summed E-state index contributed by atoms with van der Waals surface area (Å²) < 4.78 is 29.1. The number of esters is 1. The average Bonchev–Trinajstić information content (AvgIpc) is 3.50. The van der Waals surface area contributed by atoms with Gasteiger partial charge in [-0.15, -0.1) is 0 Å². The highest BCUT2D eigenvalue weighted by Gasteiger charge is 2.62. The van der Waals surface area contributed by atoms with Crippen LogP contribution >= 0.6 is 0 Å². The maximum absolute atomic E-state index is 12.6. The van der Waals surface area contributed by atoms with Gasteiger partial charge in [-0.2, -0.15) is 0 Å². The maximum atomic E-state index is 12.6. The Morgan fingerprint density at radius 1 is 0.852 bits per heavy atom. The normalized spacial score (nSPS) is 51.5. The standard InChI is InChI=1S/C40H62O14/c1-17-12-26(52-36(49)18(17)2)19(3)23-8-9-24-22-7-6-20-13-21(14-29(42)40(20,5)25(22)10-11-39(23,24)4)51-38-35(48)33(46)31(44)28(54-38)16-50-37-34(47)32(45)30(43)27(15-41)53-37/h6,19,21-35,37-38,41-48H,7-16H2,1-5H3/t19-,21+,22-,23-,24+,25+,26-,27-,28+,29-,30+,31-,32-,33-,34+,35+,37-,38-,39+,40-/m1/s1. The van der Waals surface area contributed by atoms with Crippen LogP contribution in [0.3, 0.4) is 0 Å². The van der Waals surface area contributed by atoms with E-state index < -0.39 is 92.2 Å². The quantitative estimate of drug-likeness (QED) is 0.127. The molecule has 0 bridgehead atoms. The molecule has 14 heteroatoms. The molecule has 3 heterocycles. The van der Waals surface area contributed by atoms with Gasteiger partial charge in [-0.05, 0) is 87.4 Å². The molecule has 54 heavy (non-hydrogen) atoms. The molecule has 0 aromatic rings. The number of aliphatic hydroxyl groups excluding tert-OH is 8. The van der Waals surface area contributed by atoms with E-state index in [0.29, 0.717) is 30.1 Å². The monoisotopic (exact) mass is 766 g/mol. The number of ether oxygens (including phenoxy) is 5. The SMILES string of the molecule is CC1=C(C)C(=O)O[C@@H]([C@H](C)[C@H]2CC[C@H]3[C@H]4CC=C5C[C@H](O[C@@H]6O[C@@H](CO[C@@H]7O[C@H](CO)[C@H](O)[C@@H](O)[C@@H]7O)[C@@H](O)[C@@H](O)[C@@H]6O)C[C@@H](O)[C@@]5(C)[C@H]4CC[C@@]23C)C1. The predicted octanol–water partition coefficient (Wildman–Crippen LogP) is 0.834. The molecule has 0 unspecified atom stereocenters. The summed E-state index contributed by atoms with van der Waals surface area (Å²) in [4.78, 5) is 12.6. The summed E-state index contributed by atoms with van der Waals surface area (Å²) in [5.41, 5.74) is 2.65. The van der Waals surface area contributed by atoms with E-state index in [1.165, 1.54) is 0 Å². The molecule has 0 aromatic heterocycles. The largest absolute Gasteiger partial charge is 0.458 e. The van der Waals surface area contributed by atoms with Gasteiger partial charge >= 0.3 is 5.97 Å².